The fraction of sp³-hybridized carbons (Fsp3) is 0.0870. The van der Waals surface area contributed by atoms with E-state index in [1.54, 1.807) is 0 Å². The summed E-state index contributed by atoms with van der Waals surface area (Å²) in [6, 6.07) is 25.9. The molecule has 0 radical (unpaired) electrons. The molecule has 0 saturated heterocycles. The van der Waals surface area contributed by atoms with Gasteiger partial charge in [0.05, 0.1) is 10.2 Å². The number of rotatable bonds is 5. The predicted molar refractivity (Wildman–Crippen MR) is 117 cm³/mol. The normalized spacial score (nSPS) is 13.9. The Morgan fingerprint density at radius 2 is 1.63 bits per heavy atom. The lowest BCUT2D eigenvalue weighted by Crippen LogP contribution is -2.27. The Morgan fingerprint density at radius 1 is 0.926 bits per heavy atom. The number of nitrogens with zero attached hydrogens (tertiary/aromatic N) is 1. The van der Waals surface area contributed by atoms with E-state index >= 15 is 0 Å². The lowest BCUT2D eigenvalue weighted by Gasteiger charge is -2.26. The molecule has 0 amide bonds. The van der Waals surface area contributed by atoms with Gasteiger partial charge in [-0.2, -0.15) is 0 Å². The van der Waals surface area contributed by atoms with Crippen molar-refractivity contribution in [2.45, 2.75) is 12.0 Å². The van der Waals surface area contributed by atoms with E-state index in [1.165, 1.54) is 11.3 Å². The van der Waals surface area contributed by atoms with Gasteiger partial charge in [0.1, 0.15) is 10.6 Å². The number of aliphatic hydroxyl groups is 1. The highest BCUT2D eigenvalue weighted by atomic mass is 79.9. The van der Waals surface area contributed by atoms with Crippen molar-refractivity contribution in [1.29, 1.82) is 0 Å². The molecule has 0 fully saturated rings. The van der Waals surface area contributed by atoms with E-state index in [0.29, 0.717) is 11.4 Å². The molecule has 2 nitrogen and oxygen atoms in total. The van der Waals surface area contributed by atoms with Gasteiger partial charge in [-0.3, -0.25) is 0 Å². The van der Waals surface area contributed by atoms with E-state index in [0.717, 1.165) is 25.8 Å². The van der Waals surface area contributed by atoms with Gasteiger partial charge in [-0.25, -0.2) is 4.98 Å². The van der Waals surface area contributed by atoms with Gasteiger partial charge in [-0.15, -0.1) is 11.3 Å². The van der Waals surface area contributed by atoms with Crippen molar-refractivity contribution in [3.8, 4) is 0 Å². The van der Waals surface area contributed by atoms with E-state index < -0.39 is 5.60 Å². The smallest absolute Gasteiger partial charge is 0.145 e. The highest BCUT2D eigenvalue weighted by molar-refractivity contribution is 9.10. The van der Waals surface area contributed by atoms with Gasteiger partial charge in [0, 0.05) is 16.5 Å². The molecule has 0 aliphatic rings. The minimum absolute atomic E-state index is 0.435. The van der Waals surface area contributed by atoms with Crippen LogP contribution in [-0.2, 0) is 5.60 Å². The van der Waals surface area contributed by atoms with Gasteiger partial charge >= 0.3 is 0 Å². The Morgan fingerprint density at radius 3 is 2.41 bits per heavy atom. The number of halogens is 1. The highest BCUT2D eigenvalue weighted by Gasteiger charge is 2.35. The SMILES string of the molecule is OC(C/C=C/c1ccccc1)(c1nc2ccccc2s1)c1ccccc1Br. The van der Waals surface area contributed by atoms with Crippen molar-refractivity contribution in [2.75, 3.05) is 0 Å². The van der Waals surface area contributed by atoms with Crippen molar-refractivity contribution in [3.63, 3.8) is 0 Å². The molecule has 0 saturated carbocycles. The van der Waals surface area contributed by atoms with Crippen LogP contribution in [0.5, 0.6) is 0 Å². The second-order valence-corrected chi connectivity index (χ2v) is 8.23. The van der Waals surface area contributed by atoms with Gasteiger partial charge in [0.25, 0.3) is 0 Å². The van der Waals surface area contributed by atoms with Crippen LogP contribution in [-0.4, -0.2) is 10.1 Å². The third-order valence-electron chi connectivity index (χ3n) is 4.49. The molecule has 1 N–H and O–H groups in total. The van der Waals surface area contributed by atoms with E-state index in [9.17, 15) is 5.11 Å². The lowest BCUT2D eigenvalue weighted by atomic mass is 9.90. The largest absolute Gasteiger partial charge is 0.378 e. The van der Waals surface area contributed by atoms with Crippen molar-refractivity contribution in [2.24, 2.45) is 0 Å². The monoisotopic (exact) mass is 435 g/mol. The topological polar surface area (TPSA) is 33.1 Å². The summed E-state index contributed by atoms with van der Waals surface area (Å²) in [6.07, 6.45) is 4.49. The summed E-state index contributed by atoms with van der Waals surface area (Å²) in [5.41, 5.74) is 1.64. The summed E-state index contributed by atoms with van der Waals surface area (Å²) in [7, 11) is 0. The molecule has 1 atom stereocenters. The zero-order valence-electron chi connectivity index (χ0n) is 14.5. The lowest BCUT2D eigenvalue weighted by molar-refractivity contribution is 0.0834. The second-order valence-electron chi connectivity index (χ2n) is 6.34. The Bertz CT molecular complexity index is 1060. The van der Waals surface area contributed by atoms with E-state index in [4.69, 9.17) is 4.98 Å². The van der Waals surface area contributed by atoms with Gasteiger partial charge in [0.15, 0.2) is 0 Å². The number of hydrogen-bond donors (Lipinski definition) is 1. The second kappa shape index (κ2) is 7.77. The Hall–Kier alpha value is -2.27. The van der Waals surface area contributed by atoms with Crippen LogP contribution < -0.4 is 0 Å². The zero-order valence-corrected chi connectivity index (χ0v) is 17.0. The summed E-state index contributed by atoms with van der Waals surface area (Å²) in [6.45, 7) is 0. The van der Waals surface area contributed by atoms with Crippen LogP contribution in [0.2, 0.25) is 0 Å². The van der Waals surface area contributed by atoms with Crippen LogP contribution in [0, 0.1) is 0 Å². The molecule has 0 bridgehead atoms. The molecule has 0 spiro atoms. The first-order valence-corrected chi connectivity index (χ1v) is 10.3. The Labute approximate surface area is 171 Å². The number of hydrogen-bond acceptors (Lipinski definition) is 3. The Kier molecular flexibility index (Phi) is 5.21. The highest BCUT2D eigenvalue weighted by Crippen LogP contribution is 2.40. The minimum atomic E-state index is -1.20. The molecule has 4 rings (SSSR count). The molecule has 4 aromatic rings. The molecule has 1 aromatic heterocycles. The molecule has 3 aromatic carbocycles. The number of fused-ring (bicyclic) bond motifs is 1. The van der Waals surface area contributed by atoms with Crippen molar-refractivity contribution >= 4 is 43.6 Å². The quantitative estimate of drug-likeness (QED) is 0.393. The maximum atomic E-state index is 11.8. The van der Waals surface area contributed by atoms with Crippen LogP contribution >= 0.6 is 27.3 Å². The summed E-state index contributed by atoms with van der Waals surface area (Å²) < 4.78 is 1.95. The molecule has 0 aliphatic heterocycles. The fourth-order valence-corrected chi connectivity index (χ4v) is 4.78. The van der Waals surface area contributed by atoms with Crippen molar-refractivity contribution in [1.82, 2.24) is 4.98 Å². The third-order valence-corrected chi connectivity index (χ3v) is 6.37. The van der Waals surface area contributed by atoms with E-state index in [-0.39, 0.29) is 0 Å². The van der Waals surface area contributed by atoms with Crippen LogP contribution in [0.1, 0.15) is 22.6 Å². The molecule has 0 aliphatic carbocycles. The van der Waals surface area contributed by atoms with Crippen LogP contribution in [0.25, 0.3) is 16.3 Å². The molecule has 134 valence electrons. The first kappa shape index (κ1) is 18.1. The van der Waals surface area contributed by atoms with Gasteiger partial charge in [-0.05, 0) is 23.8 Å². The fourth-order valence-electron chi connectivity index (χ4n) is 3.09. The minimum Gasteiger partial charge on any atom is -0.378 e. The average molecular weight is 436 g/mol. The van der Waals surface area contributed by atoms with Gasteiger partial charge in [0.2, 0.25) is 0 Å². The first-order valence-electron chi connectivity index (χ1n) is 8.72. The maximum absolute atomic E-state index is 11.8. The van der Waals surface area contributed by atoms with E-state index in [2.05, 4.69) is 15.9 Å². The van der Waals surface area contributed by atoms with Gasteiger partial charge < -0.3 is 5.11 Å². The first-order chi connectivity index (χ1) is 13.2. The number of benzene rings is 3. The number of aromatic nitrogens is 1. The van der Waals surface area contributed by atoms with Crippen LogP contribution in [0.4, 0.5) is 0 Å². The molecule has 1 heterocycles. The predicted octanol–water partition coefficient (Wildman–Crippen LogP) is 6.40. The summed E-state index contributed by atoms with van der Waals surface area (Å²) in [5.74, 6) is 0. The van der Waals surface area contributed by atoms with Gasteiger partial charge in [-0.1, -0.05) is 88.7 Å². The summed E-state index contributed by atoms with van der Waals surface area (Å²) >= 11 is 5.14. The summed E-state index contributed by atoms with van der Waals surface area (Å²) in [5, 5.41) is 12.5. The maximum Gasteiger partial charge on any atom is 0.145 e. The Balaban J connectivity index is 1.77. The molecule has 4 heteroatoms. The molecule has 1 unspecified atom stereocenters. The third kappa shape index (κ3) is 3.74. The number of para-hydroxylation sites is 1. The number of thiazole rings is 1. The molecular formula is C23H18BrNOS. The molecule has 27 heavy (non-hydrogen) atoms. The van der Waals surface area contributed by atoms with Crippen LogP contribution in [0.3, 0.4) is 0 Å². The molecular weight excluding hydrogens is 418 g/mol. The van der Waals surface area contributed by atoms with Crippen molar-refractivity contribution < 1.29 is 5.11 Å². The van der Waals surface area contributed by atoms with Crippen LogP contribution in [0.15, 0.2) is 89.4 Å². The standard InChI is InChI=1S/C23H18BrNOS/c24-19-13-5-4-12-18(19)23(26,16-8-11-17-9-2-1-3-10-17)22-25-20-14-6-7-15-21(20)27-22/h1-15,26H,16H2/b11-8+. The zero-order chi connectivity index (χ0) is 18.7. The summed E-state index contributed by atoms with van der Waals surface area (Å²) in [4.78, 5) is 4.74. The average Bonchev–Trinajstić information content (AvgIpc) is 3.14. The van der Waals surface area contributed by atoms with E-state index in [1.807, 2.05) is 91.0 Å². The van der Waals surface area contributed by atoms with Crippen molar-refractivity contribution in [3.05, 3.63) is 106 Å².